The molecule has 3 aromatic rings. The zero-order valence-electron chi connectivity index (χ0n) is 16.2. The molecule has 0 bridgehead atoms. The number of methoxy groups -OCH3 is 3. The SMILES string of the molecule is COc1ccc([C@@H]2CC(=O)Nc3c(-c4ccc(F)cc4)csc32)c(OC)c1OC. The molecule has 0 saturated heterocycles. The number of anilines is 1. The van der Waals surface area contributed by atoms with Gasteiger partial charge < -0.3 is 19.5 Å². The minimum atomic E-state index is -0.296. The van der Waals surface area contributed by atoms with E-state index in [1.165, 1.54) is 12.1 Å². The third-order valence-corrected chi connectivity index (χ3v) is 6.15. The summed E-state index contributed by atoms with van der Waals surface area (Å²) in [7, 11) is 4.70. The molecule has 0 spiro atoms. The molecule has 2 heterocycles. The van der Waals surface area contributed by atoms with E-state index < -0.39 is 0 Å². The van der Waals surface area contributed by atoms with E-state index in [4.69, 9.17) is 14.2 Å². The van der Waals surface area contributed by atoms with Gasteiger partial charge in [-0.15, -0.1) is 11.3 Å². The number of carbonyl (C=O) groups is 1. The van der Waals surface area contributed by atoms with E-state index in [-0.39, 0.29) is 17.6 Å². The highest BCUT2D eigenvalue weighted by molar-refractivity contribution is 7.11. The van der Waals surface area contributed by atoms with Crippen LogP contribution in [0.3, 0.4) is 0 Å². The van der Waals surface area contributed by atoms with Crippen LogP contribution in [0.5, 0.6) is 17.2 Å². The molecule has 4 rings (SSSR count). The molecule has 1 N–H and O–H groups in total. The van der Waals surface area contributed by atoms with Gasteiger partial charge in [0.1, 0.15) is 5.82 Å². The maximum atomic E-state index is 13.3. The van der Waals surface area contributed by atoms with E-state index >= 15 is 0 Å². The third-order valence-electron chi connectivity index (χ3n) is 5.06. The Kier molecular flexibility index (Phi) is 5.15. The average molecular weight is 413 g/mol. The summed E-state index contributed by atoms with van der Waals surface area (Å²) in [6.07, 6.45) is 0.294. The van der Waals surface area contributed by atoms with Crippen molar-refractivity contribution in [1.29, 1.82) is 0 Å². The van der Waals surface area contributed by atoms with Gasteiger partial charge in [-0.2, -0.15) is 0 Å². The van der Waals surface area contributed by atoms with E-state index in [0.717, 1.165) is 27.3 Å². The Labute approximate surface area is 172 Å². The normalized spacial score (nSPS) is 15.4. The van der Waals surface area contributed by atoms with Crippen molar-refractivity contribution in [2.45, 2.75) is 12.3 Å². The molecule has 7 heteroatoms. The molecule has 1 aliphatic rings. The fourth-order valence-corrected chi connectivity index (χ4v) is 4.87. The summed E-state index contributed by atoms with van der Waals surface area (Å²) >= 11 is 1.56. The first kappa shape index (κ1) is 19.3. The first-order valence-corrected chi connectivity index (χ1v) is 9.91. The third kappa shape index (κ3) is 3.31. The van der Waals surface area contributed by atoms with Crippen LogP contribution in [0, 0.1) is 5.82 Å². The summed E-state index contributed by atoms with van der Waals surface area (Å²) in [6, 6.07) is 9.98. The van der Waals surface area contributed by atoms with Gasteiger partial charge in [-0.25, -0.2) is 4.39 Å². The van der Waals surface area contributed by atoms with E-state index in [9.17, 15) is 9.18 Å². The molecule has 29 heavy (non-hydrogen) atoms. The first-order valence-electron chi connectivity index (χ1n) is 9.03. The van der Waals surface area contributed by atoms with E-state index in [2.05, 4.69) is 5.32 Å². The van der Waals surface area contributed by atoms with Crippen LogP contribution in [0.1, 0.15) is 22.8 Å². The predicted octanol–water partition coefficient (Wildman–Crippen LogP) is 5.05. The molecular weight excluding hydrogens is 393 g/mol. The number of hydrogen-bond donors (Lipinski definition) is 1. The van der Waals surface area contributed by atoms with Crippen LogP contribution in [0.25, 0.3) is 11.1 Å². The molecule has 150 valence electrons. The molecule has 5 nitrogen and oxygen atoms in total. The van der Waals surface area contributed by atoms with E-state index in [1.54, 1.807) is 44.8 Å². The summed E-state index contributed by atoms with van der Waals surface area (Å²) in [4.78, 5) is 13.6. The molecule has 2 aromatic carbocycles. The lowest BCUT2D eigenvalue weighted by Crippen LogP contribution is -2.23. The van der Waals surface area contributed by atoms with Crippen LogP contribution in [0.15, 0.2) is 41.8 Å². The van der Waals surface area contributed by atoms with Crippen LogP contribution in [0.4, 0.5) is 10.1 Å². The fraction of sp³-hybridized carbons (Fsp3) is 0.227. The molecule has 1 aromatic heterocycles. The van der Waals surface area contributed by atoms with Crippen molar-refractivity contribution >= 4 is 22.9 Å². The van der Waals surface area contributed by atoms with Gasteiger partial charge in [0.05, 0.1) is 27.0 Å². The van der Waals surface area contributed by atoms with Gasteiger partial charge in [0.2, 0.25) is 11.7 Å². The molecule has 0 radical (unpaired) electrons. The van der Waals surface area contributed by atoms with Crippen molar-refractivity contribution in [2.24, 2.45) is 0 Å². The minimum Gasteiger partial charge on any atom is -0.493 e. The highest BCUT2D eigenvalue weighted by atomic mass is 32.1. The molecule has 1 aliphatic heterocycles. The van der Waals surface area contributed by atoms with E-state index in [1.807, 2.05) is 17.5 Å². The molecule has 1 amide bonds. The molecular formula is C22H20FNO4S. The first-order chi connectivity index (χ1) is 14.1. The number of hydrogen-bond acceptors (Lipinski definition) is 5. The Hall–Kier alpha value is -3.06. The van der Waals surface area contributed by atoms with Gasteiger partial charge in [0.15, 0.2) is 11.5 Å². The monoisotopic (exact) mass is 413 g/mol. The summed E-state index contributed by atoms with van der Waals surface area (Å²) in [6.45, 7) is 0. The maximum absolute atomic E-state index is 13.3. The highest BCUT2D eigenvalue weighted by Crippen LogP contribution is 2.51. The van der Waals surface area contributed by atoms with Crippen LogP contribution >= 0.6 is 11.3 Å². The Bertz CT molecular complexity index is 1060. The summed E-state index contributed by atoms with van der Waals surface area (Å²) in [5, 5.41) is 4.98. The van der Waals surface area contributed by atoms with Crippen molar-refractivity contribution in [2.75, 3.05) is 26.6 Å². The number of carbonyl (C=O) groups excluding carboxylic acids is 1. The smallest absolute Gasteiger partial charge is 0.225 e. The van der Waals surface area contributed by atoms with Crippen molar-refractivity contribution in [3.8, 4) is 28.4 Å². The standard InChI is InChI=1S/C22H20FNO4S/c1-26-17-9-8-14(20(27-2)21(17)28-3)15-10-18(25)24-19-16(11-29-22(15)19)12-4-6-13(23)7-5-12/h4-9,11,15H,10H2,1-3H3,(H,24,25)/t15-/m0/s1. The van der Waals surface area contributed by atoms with Gasteiger partial charge >= 0.3 is 0 Å². The Morgan fingerprint density at radius 3 is 2.38 bits per heavy atom. The van der Waals surface area contributed by atoms with Crippen LogP contribution < -0.4 is 19.5 Å². The Balaban J connectivity index is 1.85. The second-order valence-corrected chi connectivity index (χ2v) is 7.54. The minimum absolute atomic E-state index is 0.0823. The summed E-state index contributed by atoms with van der Waals surface area (Å²) in [5.74, 6) is 1.04. The molecule has 1 atom stereocenters. The quantitative estimate of drug-likeness (QED) is 0.636. The van der Waals surface area contributed by atoms with Crippen LogP contribution in [-0.2, 0) is 4.79 Å². The predicted molar refractivity (Wildman–Crippen MR) is 111 cm³/mol. The largest absolute Gasteiger partial charge is 0.493 e. The molecule has 0 unspecified atom stereocenters. The van der Waals surface area contributed by atoms with Gasteiger partial charge in [-0.1, -0.05) is 18.2 Å². The van der Waals surface area contributed by atoms with Crippen molar-refractivity contribution in [3.63, 3.8) is 0 Å². The molecule has 0 fully saturated rings. The van der Waals surface area contributed by atoms with Crippen molar-refractivity contribution in [3.05, 3.63) is 58.0 Å². The number of thiophene rings is 1. The molecule has 0 aliphatic carbocycles. The van der Waals surface area contributed by atoms with Crippen LogP contribution in [-0.4, -0.2) is 27.2 Å². The zero-order chi connectivity index (χ0) is 20.5. The number of nitrogens with one attached hydrogen (secondary N) is 1. The highest BCUT2D eigenvalue weighted by Gasteiger charge is 2.33. The van der Waals surface area contributed by atoms with Crippen molar-refractivity contribution < 1.29 is 23.4 Å². The lowest BCUT2D eigenvalue weighted by molar-refractivity contribution is -0.116. The van der Waals surface area contributed by atoms with E-state index in [0.29, 0.717) is 23.7 Å². The van der Waals surface area contributed by atoms with Gasteiger partial charge in [0.25, 0.3) is 0 Å². The van der Waals surface area contributed by atoms with Gasteiger partial charge in [-0.3, -0.25) is 4.79 Å². The topological polar surface area (TPSA) is 56.8 Å². The second kappa shape index (κ2) is 7.75. The zero-order valence-corrected chi connectivity index (χ0v) is 17.1. The number of halogens is 1. The second-order valence-electron chi connectivity index (χ2n) is 6.62. The van der Waals surface area contributed by atoms with Crippen LogP contribution in [0.2, 0.25) is 0 Å². The number of amides is 1. The van der Waals surface area contributed by atoms with Gasteiger partial charge in [-0.05, 0) is 23.8 Å². The Morgan fingerprint density at radius 1 is 1.00 bits per heavy atom. The lowest BCUT2D eigenvalue weighted by Gasteiger charge is -2.26. The number of rotatable bonds is 5. The lowest BCUT2D eigenvalue weighted by atomic mass is 9.88. The maximum Gasteiger partial charge on any atom is 0.225 e. The fourth-order valence-electron chi connectivity index (χ4n) is 3.72. The van der Waals surface area contributed by atoms with Gasteiger partial charge in [0, 0.05) is 33.7 Å². The summed E-state index contributed by atoms with van der Waals surface area (Å²) < 4.78 is 29.8. The number of fused-ring (bicyclic) bond motifs is 1. The number of benzene rings is 2. The summed E-state index contributed by atoms with van der Waals surface area (Å²) in [5.41, 5.74) is 3.35. The molecule has 0 saturated carbocycles. The van der Waals surface area contributed by atoms with Crippen molar-refractivity contribution in [1.82, 2.24) is 0 Å². The Morgan fingerprint density at radius 2 is 1.72 bits per heavy atom. The average Bonchev–Trinajstić information content (AvgIpc) is 3.16. The number of ether oxygens (including phenoxy) is 3.